The molecule has 3 rings (SSSR count). The lowest BCUT2D eigenvalue weighted by Crippen LogP contribution is -2.21. The SMILES string of the molecule is Nc1nc(-c2ccnn2C(F)(F)F)c(-c2ccccc2)c(C(F)(F)F)n1. The Morgan fingerprint density at radius 3 is 2.12 bits per heavy atom. The summed E-state index contributed by atoms with van der Waals surface area (Å²) in [7, 11) is 0. The number of benzene rings is 1. The third kappa shape index (κ3) is 3.19. The lowest BCUT2D eigenvalue weighted by atomic mass is 9.99. The molecule has 3 aromatic rings. The van der Waals surface area contributed by atoms with Gasteiger partial charge in [0, 0.05) is 11.8 Å². The molecular weight excluding hydrogens is 364 g/mol. The fraction of sp³-hybridized carbons (Fsp3) is 0.133. The van der Waals surface area contributed by atoms with Crippen LogP contribution >= 0.6 is 0 Å². The van der Waals surface area contributed by atoms with Crippen LogP contribution in [0, 0.1) is 0 Å². The number of nitrogens with two attached hydrogens (primary N) is 1. The quantitative estimate of drug-likeness (QED) is 0.687. The molecule has 1 aromatic carbocycles. The number of nitrogens with zero attached hydrogens (tertiary/aromatic N) is 4. The van der Waals surface area contributed by atoms with E-state index in [1.807, 2.05) is 0 Å². The van der Waals surface area contributed by atoms with E-state index in [1.165, 1.54) is 24.3 Å². The van der Waals surface area contributed by atoms with Crippen molar-refractivity contribution in [1.82, 2.24) is 19.7 Å². The molecule has 0 unspecified atom stereocenters. The van der Waals surface area contributed by atoms with Gasteiger partial charge in [-0.15, -0.1) is 13.2 Å². The fourth-order valence-electron chi connectivity index (χ4n) is 2.43. The van der Waals surface area contributed by atoms with Crippen molar-refractivity contribution >= 4 is 5.95 Å². The first-order valence-electron chi connectivity index (χ1n) is 7.01. The Bertz CT molecular complexity index is 930. The highest BCUT2D eigenvalue weighted by Gasteiger charge is 2.40. The molecule has 0 aliphatic heterocycles. The Morgan fingerprint density at radius 1 is 0.885 bits per heavy atom. The Balaban J connectivity index is 2.40. The molecule has 0 aliphatic carbocycles. The first kappa shape index (κ1) is 17.7. The van der Waals surface area contributed by atoms with Gasteiger partial charge in [-0.2, -0.15) is 23.0 Å². The van der Waals surface area contributed by atoms with Crippen molar-refractivity contribution < 1.29 is 26.3 Å². The van der Waals surface area contributed by atoms with Crippen molar-refractivity contribution in [1.29, 1.82) is 0 Å². The van der Waals surface area contributed by atoms with Crippen LogP contribution in [0.25, 0.3) is 22.5 Å². The fourth-order valence-corrected chi connectivity index (χ4v) is 2.43. The molecule has 26 heavy (non-hydrogen) atoms. The van der Waals surface area contributed by atoms with Crippen LogP contribution in [0.1, 0.15) is 5.69 Å². The van der Waals surface area contributed by atoms with Gasteiger partial charge in [0.15, 0.2) is 5.69 Å². The molecule has 11 heteroatoms. The summed E-state index contributed by atoms with van der Waals surface area (Å²) >= 11 is 0. The lowest BCUT2D eigenvalue weighted by molar-refractivity contribution is -0.211. The number of aromatic nitrogens is 4. The largest absolute Gasteiger partial charge is 0.505 e. The van der Waals surface area contributed by atoms with Gasteiger partial charge >= 0.3 is 12.5 Å². The minimum atomic E-state index is -4.96. The second-order valence-corrected chi connectivity index (χ2v) is 5.11. The summed E-state index contributed by atoms with van der Waals surface area (Å²) in [4.78, 5) is 6.86. The average molecular weight is 373 g/mol. The van der Waals surface area contributed by atoms with Gasteiger partial charge in [-0.25, -0.2) is 9.97 Å². The number of nitrogen functional groups attached to an aromatic ring is 1. The second-order valence-electron chi connectivity index (χ2n) is 5.11. The van der Waals surface area contributed by atoms with Crippen molar-refractivity contribution in [2.45, 2.75) is 12.5 Å². The van der Waals surface area contributed by atoms with Crippen LogP contribution in [0.2, 0.25) is 0 Å². The molecule has 0 atom stereocenters. The van der Waals surface area contributed by atoms with Gasteiger partial charge in [0.25, 0.3) is 0 Å². The molecule has 0 saturated carbocycles. The minimum Gasteiger partial charge on any atom is -0.368 e. The van der Waals surface area contributed by atoms with Crippen molar-refractivity contribution in [2.75, 3.05) is 5.73 Å². The molecule has 0 spiro atoms. The molecule has 0 bridgehead atoms. The van der Waals surface area contributed by atoms with Crippen LogP contribution in [-0.2, 0) is 12.5 Å². The highest BCUT2D eigenvalue weighted by Crippen LogP contribution is 2.42. The number of anilines is 1. The summed E-state index contributed by atoms with van der Waals surface area (Å²) in [5, 5.41) is 3.13. The summed E-state index contributed by atoms with van der Waals surface area (Å²) in [5.41, 5.74) is 1.98. The number of halogens is 6. The highest BCUT2D eigenvalue weighted by atomic mass is 19.4. The zero-order valence-electron chi connectivity index (χ0n) is 12.7. The maximum absolute atomic E-state index is 13.5. The number of rotatable bonds is 2. The summed E-state index contributed by atoms with van der Waals surface area (Å²) in [6.45, 7) is 0. The van der Waals surface area contributed by atoms with Crippen LogP contribution in [0.3, 0.4) is 0 Å². The number of hydrogen-bond donors (Lipinski definition) is 1. The smallest absolute Gasteiger partial charge is 0.368 e. The molecule has 0 amide bonds. The van der Waals surface area contributed by atoms with Gasteiger partial charge in [-0.3, -0.25) is 0 Å². The first-order chi connectivity index (χ1) is 12.1. The van der Waals surface area contributed by atoms with E-state index in [-0.39, 0.29) is 10.2 Å². The van der Waals surface area contributed by atoms with E-state index in [0.717, 1.165) is 12.3 Å². The minimum absolute atomic E-state index is 0.00949. The van der Waals surface area contributed by atoms with Crippen molar-refractivity contribution in [3.05, 3.63) is 48.3 Å². The van der Waals surface area contributed by atoms with E-state index in [0.29, 0.717) is 0 Å². The number of alkyl halides is 6. The van der Waals surface area contributed by atoms with Crippen LogP contribution < -0.4 is 5.73 Å². The third-order valence-electron chi connectivity index (χ3n) is 3.38. The van der Waals surface area contributed by atoms with E-state index >= 15 is 0 Å². The van der Waals surface area contributed by atoms with Crippen LogP contribution in [-0.4, -0.2) is 19.7 Å². The predicted octanol–water partition coefficient (Wildman–Crippen LogP) is 4.08. The monoisotopic (exact) mass is 373 g/mol. The molecular formula is C15H9F6N5. The summed E-state index contributed by atoms with van der Waals surface area (Å²) < 4.78 is 79.5. The van der Waals surface area contributed by atoms with Gasteiger partial charge in [0.2, 0.25) is 5.95 Å². The van der Waals surface area contributed by atoms with Gasteiger partial charge in [-0.05, 0) is 11.6 Å². The molecule has 2 aromatic heterocycles. The van der Waals surface area contributed by atoms with Crippen molar-refractivity contribution in [2.24, 2.45) is 0 Å². The maximum Gasteiger partial charge on any atom is 0.505 e. The summed E-state index contributed by atoms with van der Waals surface area (Å²) in [6.07, 6.45) is -9.10. The molecule has 0 radical (unpaired) electrons. The molecule has 5 nitrogen and oxygen atoms in total. The van der Waals surface area contributed by atoms with Crippen LogP contribution in [0.5, 0.6) is 0 Å². The van der Waals surface area contributed by atoms with Gasteiger partial charge in [0.05, 0.1) is 5.69 Å². The molecule has 2 heterocycles. The Hall–Kier alpha value is -3.11. The van der Waals surface area contributed by atoms with E-state index in [2.05, 4.69) is 15.1 Å². The van der Waals surface area contributed by atoms with Crippen molar-refractivity contribution in [3.63, 3.8) is 0 Å². The van der Waals surface area contributed by atoms with Crippen LogP contribution in [0.4, 0.5) is 32.3 Å². The van der Waals surface area contributed by atoms with Gasteiger partial charge in [0.1, 0.15) is 5.69 Å². The van der Waals surface area contributed by atoms with Crippen LogP contribution in [0.15, 0.2) is 42.6 Å². The highest BCUT2D eigenvalue weighted by molar-refractivity contribution is 5.82. The van der Waals surface area contributed by atoms with Gasteiger partial charge in [-0.1, -0.05) is 30.3 Å². The normalized spacial score (nSPS) is 12.4. The van der Waals surface area contributed by atoms with E-state index in [1.54, 1.807) is 6.07 Å². The zero-order chi connectivity index (χ0) is 19.1. The molecule has 0 saturated heterocycles. The molecule has 2 N–H and O–H groups in total. The molecule has 0 fully saturated rings. The lowest BCUT2D eigenvalue weighted by Gasteiger charge is -2.17. The Kier molecular flexibility index (Phi) is 4.09. The predicted molar refractivity (Wildman–Crippen MR) is 79.4 cm³/mol. The first-order valence-corrected chi connectivity index (χ1v) is 7.01. The number of hydrogen-bond acceptors (Lipinski definition) is 4. The van der Waals surface area contributed by atoms with E-state index in [4.69, 9.17) is 5.73 Å². The third-order valence-corrected chi connectivity index (χ3v) is 3.38. The summed E-state index contributed by atoms with van der Waals surface area (Å²) in [6, 6.07) is 7.95. The maximum atomic E-state index is 13.5. The van der Waals surface area contributed by atoms with E-state index < -0.39 is 41.1 Å². The zero-order valence-corrected chi connectivity index (χ0v) is 12.7. The van der Waals surface area contributed by atoms with Gasteiger partial charge < -0.3 is 5.73 Å². The Labute approximate surface area is 142 Å². The average Bonchev–Trinajstić information content (AvgIpc) is 3.04. The molecule has 0 aliphatic rings. The second kappa shape index (κ2) is 6.00. The molecule has 136 valence electrons. The Morgan fingerprint density at radius 2 is 1.54 bits per heavy atom. The summed E-state index contributed by atoms with van der Waals surface area (Å²) in [5.74, 6) is -0.804. The standard InChI is InChI=1S/C15H9F6N5/c16-14(17,18)12-10(8-4-2-1-3-5-8)11(24-13(22)25-12)9-6-7-23-26(9)15(19,20)21/h1-7H,(H2,22,24,25). The van der Waals surface area contributed by atoms with E-state index in [9.17, 15) is 26.3 Å². The topological polar surface area (TPSA) is 69.6 Å². The van der Waals surface area contributed by atoms with Crippen molar-refractivity contribution in [3.8, 4) is 22.5 Å².